The van der Waals surface area contributed by atoms with Gasteiger partial charge in [-0.15, -0.1) is 5.92 Å². The van der Waals surface area contributed by atoms with Gasteiger partial charge in [0.05, 0.1) is 37.6 Å². The molecule has 164 valence electrons. The van der Waals surface area contributed by atoms with E-state index >= 15 is 0 Å². The fourth-order valence-electron chi connectivity index (χ4n) is 3.05. The van der Waals surface area contributed by atoms with Crippen LogP contribution in [0.25, 0.3) is 0 Å². The predicted octanol–water partition coefficient (Wildman–Crippen LogP) is 3.32. The zero-order valence-corrected chi connectivity index (χ0v) is 24.2. The van der Waals surface area contributed by atoms with Gasteiger partial charge in [-0.25, -0.2) is 19.9 Å². The van der Waals surface area contributed by atoms with Crippen LogP contribution < -0.4 is 0 Å². The Morgan fingerprint density at radius 3 is 1.97 bits per heavy atom. The Morgan fingerprint density at radius 1 is 0.931 bits per heavy atom. The molecule has 3 fully saturated rings. The molecule has 3 rings (SSSR count). The van der Waals surface area contributed by atoms with E-state index in [2.05, 4.69) is 13.3 Å². The molecule has 0 aromatic heterocycles. The minimum absolute atomic E-state index is 0. The Bertz CT molecular complexity index is 623. The quantitative estimate of drug-likeness (QED) is 0.349. The largest absolute Gasteiger partial charge is 0.546 e. The molecule has 3 aliphatic rings. The van der Waals surface area contributed by atoms with E-state index < -0.39 is 45.7 Å². The van der Waals surface area contributed by atoms with Gasteiger partial charge in [0.2, 0.25) is 0 Å². The zero-order valence-electron chi connectivity index (χ0n) is 16.7. The van der Waals surface area contributed by atoms with Crippen LogP contribution in [0.5, 0.6) is 0 Å². The van der Waals surface area contributed by atoms with Gasteiger partial charge < -0.3 is 32.3 Å². The molecule has 29 heavy (non-hydrogen) atoms. The molecule has 0 aliphatic carbocycles. The average Bonchev–Trinajstić information content (AvgIpc) is 3.07. The van der Waals surface area contributed by atoms with Crippen molar-refractivity contribution in [3.05, 3.63) is 26.5 Å². The van der Waals surface area contributed by atoms with E-state index in [1.54, 1.807) is 6.61 Å². The van der Waals surface area contributed by atoms with Crippen LogP contribution in [0.3, 0.4) is 0 Å². The molecule has 0 aromatic carbocycles. The molecule has 0 amide bonds. The minimum atomic E-state index is -3.71. The third kappa shape index (κ3) is 8.28. The van der Waals surface area contributed by atoms with Gasteiger partial charge in [-0.3, -0.25) is 9.13 Å². The van der Waals surface area contributed by atoms with Crippen molar-refractivity contribution < 1.29 is 107 Å². The van der Waals surface area contributed by atoms with Gasteiger partial charge in [-0.1, -0.05) is 6.92 Å². The van der Waals surface area contributed by atoms with E-state index in [-0.39, 0.29) is 90.7 Å². The van der Waals surface area contributed by atoms with Crippen molar-refractivity contribution >= 4 is 15.2 Å². The summed E-state index contributed by atoms with van der Waals surface area (Å²) in [5.41, 5.74) is 0. The van der Waals surface area contributed by atoms with Crippen LogP contribution in [0.1, 0.15) is 20.8 Å². The van der Waals surface area contributed by atoms with Crippen LogP contribution in [0.15, 0.2) is 0 Å². The van der Waals surface area contributed by atoms with Crippen molar-refractivity contribution in [1.29, 1.82) is 0 Å². The second-order valence-electron chi connectivity index (χ2n) is 7.08. The van der Waals surface area contributed by atoms with E-state index in [9.17, 15) is 9.13 Å². The zero-order chi connectivity index (χ0) is 19.8. The van der Waals surface area contributed by atoms with Crippen LogP contribution in [0.2, 0.25) is 0 Å². The van der Waals surface area contributed by atoms with Crippen LogP contribution in [0, 0.1) is 32.5 Å². The maximum absolute atomic E-state index is 12.7. The number of ether oxygens (including phenoxy) is 3. The Balaban J connectivity index is 0.00000210. The predicted molar refractivity (Wildman–Crippen MR) is 95.1 cm³/mol. The van der Waals surface area contributed by atoms with E-state index in [0.717, 1.165) is 0 Å². The molecule has 8 atom stereocenters. The molecule has 2 radical (unpaired) electrons. The molecular formula is C16H26O9P2Y2-4. The molecule has 3 saturated heterocycles. The second-order valence-corrected chi connectivity index (χ2v) is 10.5. The molecule has 3 heterocycles. The first-order chi connectivity index (χ1) is 12.6. The van der Waals surface area contributed by atoms with E-state index in [1.165, 1.54) is 6.61 Å². The van der Waals surface area contributed by atoms with Gasteiger partial charge in [0.15, 0.2) is 15.2 Å². The second kappa shape index (κ2) is 12.2. The van der Waals surface area contributed by atoms with E-state index in [1.807, 2.05) is 20.8 Å². The summed E-state index contributed by atoms with van der Waals surface area (Å²) in [5, 5.41) is 0. The van der Waals surface area contributed by atoms with Crippen molar-refractivity contribution in [3.8, 4) is 0 Å². The van der Waals surface area contributed by atoms with Crippen LogP contribution in [-0.4, -0.2) is 49.8 Å². The summed E-state index contributed by atoms with van der Waals surface area (Å²) in [4.78, 5) is 0. The van der Waals surface area contributed by atoms with Crippen LogP contribution >= 0.6 is 15.2 Å². The third-order valence-electron chi connectivity index (χ3n) is 4.30. The summed E-state index contributed by atoms with van der Waals surface area (Å²) >= 11 is 0. The van der Waals surface area contributed by atoms with Gasteiger partial charge in [-0.05, 0) is 20.0 Å². The average molecular weight is 602 g/mol. The van der Waals surface area contributed by atoms with E-state index in [4.69, 9.17) is 32.3 Å². The smallest absolute Gasteiger partial charge is 0.185 e. The van der Waals surface area contributed by atoms with Crippen LogP contribution in [-0.2, 0) is 107 Å². The summed E-state index contributed by atoms with van der Waals surface area (Å²) in [5.74, 6) is -0.182. The maximum atomic E-state index is 12.7. The van der Waals surface area contributed by atoms with Gasteiger partial charge in [0.1, 0.15) is 0 Å². The Kier molecular flexibility index (Phi) is 12.4. The standard InChI is InChI=1S/C16H26O9P2.2Y/c1-10(2)23-14-7-20-13-9-22-26(4,17)24-15-11(3)6-19-12(15)8-21-27(5,18)25-16(13)14;;/h6-7,10-16H,4-5,8-9H2,1-3H3;;/q-4;;. The van der Waals surface area contributed by atoms with Crippen molar-refractivity contribution in [2.75, 3.05) is 13.2 Å². The van der Waals surface area contributed by atoms with Crippen molar-refractivity contribution in [2.24, 2.45) is 5.92 Å². The maximum Gasteiger partial charge on any atom is 0.185 e. The number of hydrogen-bond donors (Lipinski definition) is 0. The molecule has 0 aromatic rings. The number of hydrogen-bond acceptors (Lipinski definition) is 9. The molecule has 0 bridgehead atoms. The van der Waals surface area contributed by atoms with Gasteiger partial charge >= 0.3 is 0 Å². The molecular weight excluding hydrogens is 576 g/mol. The summed E-state index contributed by atoms with van der Waals surface area (Å²) in [7, 11) is -7.37. The molecule has 0 spiro atoms. The Morgan fingerprint density at radius 2 is 1.41 bits per heavy atom. The molecule has 0 saturated carbocycles. The minimum Gasteiger partial charge on any atom is -0.546 e. The SMILES string of the molecule is [CH2-]P1(=O)OCC2O[CH-]C(OC(C)C)C2OP([CH2-])(=O)OCC2O[CH-]C(C)C2O1.[Y].[Y]. The molecule has 3 aliphatic heterocycles. The van der Waals surface area contributed by atoms with Crippen molar-refractivity contribution in [2.45, 2.75) is 57.4 Å². The summed E-state index contributed by atoms with van der Waals surface area (Å²) in [6.45, 7) is 15.4. The first-order valence-electron chi connectivity index (χ1n) is 8.74. The number of rotatable bonds is 2. The topological polar surface area (TPSA) is 98.8 Å². The molecule has 13 heteroatoms. The van der Waals surface area contributed by atoms with Crippen LogP contribution in [0.4, 0.5) is 0 Å². The van der Waals surface area contributed by atoms with Gasteiger partial charge in [0, 0.05) is 71.5 Å². The summed E-state index contributed by atoms with van der Waals surface area (Å²) in [6.07, 6.45) is -3.56. The van der Waals surface area contributed by atoms with E-state index in [0.29, 0.717) is 0 Å². The van der Waals surface area contributed by atoms with Gasteiger partial charge in [-0.2, -0.15) is 6.61 Å². The third-order valence-corrected chi connectivity index (χ3v) is 6.51. The van der Waals surface area contributed by atoms with Crippen molar-refractivity contribution in [1.82, 2.24) is 0 Å². The normalized spacial score (nSPS) is 45.9. The molecule has 0 N–H and O–H groups in total. The Hall–Kier alpha value is 2.39. The molecule has 8 unspecified atom stereocenters. The molecule has 9 nitrogen and oxygen atoms in total. The fraction of sp³-hybridized carbons (Fsp3) is 0.750. The first kappa shape index (κ1) is 29.4. The number of fused-ring (bicyclic) bond motifs is 2. The van der Waals surface area contributed by atoms with Gasteiger partial charge in [0.25, 0.3) is 0 Å². The fourth-order valence-corrected chi connectivity index (χ4v) is 5.25. The first-order valence-corrected chi connectivity index (χ1v) is 12.2. The summed E-state index contributed by atoms with van der Waals surface area (Å²) in [6, 6.07) is 0. The summed E-state index contributed by atoms with van der Waals surface area (Å²) < 4.78 is 64.2. The Labute approximate surface area is 223 Å². The van der Waals surface area contributed by atoms with Crippen molar-refractivity contribution in [3.63, 3.8) is 0 Å². The monoisotopic (exact) mass is 602 g/mol.